The molecule has 0 unspecified atom stereocenters. The van der Waals surface area contributed by atoms with Crippen molar-refractivity contribution in [3.05, 3.63) is 10.4 Å². The van der Waals surface area contributed by atoms with Crippen LogP contribution in [0.2, 0.25) is 0 Å². The summed E-state index contributed by atoms with van der Waals surface area (Å²) in [5.41, 5.74) is 5.27. The van der Waals surface area contributed by atoms with Crippen molar-refractivity contribution in [1.29, 1.82) is 0 Å². The maximum atomic E-state index is 10.7. The van der Waals surface area contributed by atoms with Gasteiger partial charge in [0, 0.05) is 12.3 Å². The fraction of sp³-hybridized carbons (Fsp3) is 0.500. The molecule has 5 nitrogen and oxygen atoms in total. The van der Waals surface area contributed by atoms with Crippen LogP contribution in [0.4, 0.5) is 0 Å². The second kappa shape index (κ2) is 4.59. The van der Waals surface area contributed by atoms with Gasteiger partial charge in [-0.25, -0.2) is 8.42 Å². The van der Waals surface area contributed by atoms with Crippen molar-refractivity contribution in [3.63, 3.8) is 0 Å². The largest absolute Gasteiger partial charge is 0.481 e. The predicted octanol–water partition coefficient (Wildman–Crippen LogP) is -0.0868. The smallest absolute Gasteiger partial charge is 0.305 e. The van der Waals surface area contributed by atoms with Gasteiger partial charge in [-0.2, -0.15) is 0 Å². The fourth-order valence-electron chi connectivity index (χ4n) is 0.552. The van der Waals surface area contributed by atoms with E-state index in [9.17, 15) is 13.2 Å². The third-order valence-corrected chi connectivity index (χ3v) is 2.92. The standard InChI is InChI=1S/C6H10ClNO4S/c1-13(11,12)5(7)2-4(8)3-6(9)10/h2,4H,3,8H2,1H3,(H,9,10)/b5-2+/t4-/m1/s1. The monoisotopic (exact) mass is 227 g/mol. The van der Waals surface area contributed by atoms with E-state index in [0.29, 0.717) is 0 Å². The Morgan fingerprint density at radius 1 is 1.69 bits per heavy atom. The normalized spacial score (nSPS) is 15.5. The lowest BCUT2D eigenvalue weighted by atomic mass is 10.2. The first-order chi connectivity index (χ1) is 5.73. The van der Waals surface area contributed by atoms with Gasteiger partial charge in [0.25, 0.3) is 0 Å². The van der Waals surface area contributed by atoms with E-state index < -0.39 is 26.2 Å². The van der Waals surface area contributed by atoms with Crippen LogP contribution in [-0.2, 0) is 14.6 Å². The summed E-state index contributed by atoms with van der Waals surface area (Å²) in [6.45, 7) is 0. The summed E-state index contributed by atoms with van der Waals surface area (Å²) in [5, 5.41) is 8.30. The molecular formula is C6H10ClNO4S. The summed E-state index contributed by atoms with van der Waals surface area (Å²) in [6.07, 6.45) is 1.57. The minimum absolute atomic E-state index is 0.355. The zero-order chi connectivity index (χ0) is 10.6. The quantitative estimate of drug-likeness (QED) is 0.700. The fourth-order valence-corrected chi connectivity index (χ4v) is 1.14. The lowest BCUT2D eigenvalue weighted by Crippen LogP contribution is -2.21. The molecule has 0 heterocycles. The van der Waals surface area contributed by atoms with E-state index in [2.05, 4.69) is 0 Å². The van der Waals surface area contributed by atoms with E-state index in [1.54, 1.807) is 0 Å². The molecule has 0 saturated carbocycles. The van der Waals surface area contributed by atoms with Crippen LogP contribution in [0, 0.1) is 0 Å². The average Bonchev–Trinajstić information content (AvgIpc) is 1.82. The summed E-state index contributed by atoms with van der Waals surface area (Å²) >= 11 is 5.34. The highest BCUT2D eigenvalue weighted by Crippen LogP contribution is 2.10. The number of nitrogens with two attached hydrogens (primary N) is 1. The summed E-state index contributed by atoms with van der Waals surface area (Å²) in [4.78, 5) is 10.1. The van der Waals surface area contributed by atoms with Crippen LogP contribution in [0.1, 0.15) is 6.42 Å². The molecule has 0 aliphatic heterocycles. The Hall–Kier alpha value is -0.590. The maximum Gasteiger partial charge on any atom is 0.305 e. The zero-order valence-corrected chi connectivity index (χ0v) is 8.47. The number of aliphatic carboxylic acids is 1. The van der Waals surface area contributed by atoms with E-state index in [0.717, 1.165) is 12.3 Å². The molecule has 0 spiro atoms. The van der Waals surface area contributed by atoms with Crippen LogP contribution < -0.4 is 5.73 Å². The zero-order valence-electron chi connectivity index (χ0n) is 6.90. The van der Waals surface area contributed by atoms with E-state index in [1.165, 1.54) is 0 Å². The minimum Gasteiger partial charge on any atom is -0.481 e. The predicted molar refractivity (Wildman–Crippen MR) is 49.0 cm³/mol. The van der Waals surface area contributed by atoms with Crippen LogP contribution in [-0.4, -0.2) is 31.8 Å². The molecule has 0 rings (SSSR count). The molecule has 0 saturated heterocycles. The Labute approximate surface area is 81.1 Å². The molecule has 0 aliphatic rings. The van der Waals surface area contributed by atoms with Gasteiger partial charge in [0.05, 0.1) is 6.42 Å². The third kappa shape index (κ3) is 5.62. The molecule has 1 atom stereocenters. The Morgan fingerprint density at radius 3 is 2.46 bits per heavy atom. The molecule has 0 bridgehead atoms. The molecule has 76 valence electrons. The minimum atomic E-state index is -3.48. The number of carbonyl (C=O) groups is 1. The molecule has 0 aromatic carbocycles. The van der Waals surface area contributed by atoms with E-state index in [-0.39, 0.29) is 6.42 Å². The highest BCUT2D eigenvalue weighted by molar-refractivity contribution is 7.96. The van der Waals surface area contributed by atoms with Gasteiger partial charge in [-0.3, -0.25) is 4.79 Å². The lowest BCUT2D eigenvalue weighted by Gasteiger charge is -2.02. The van der Waals surface area contributed by atoms with Gasteiger partial charge < -0.3 is 10.8 Å². The van der Waals surface area contributed by atoms with Crippen LogP contribution in [0.15, 0.2) is 10.4 Å². The second-order valence-electron chi connectivity index (χ2n) is 2.50. The van der Waals surface area contributed by atoms with E-state index in [4.69, 9.17) is 22.4 Å². The number of rotatable bonds is 4. The molecular weight excluding hydrogens is 218 g/mol. The van der Waals surface area contributed by atoms with Crippen LogP contribution >= 0.6 is 11.6 Å². The van der Waals surface area contributed by atoms with Gasteiger partial charge in [0.2, 0.25) is 0 Å². The summed E-state index contributed by atoms with van der Waals surface area (Å²) in [6, 6.07) is -0.889. The van der Waals surface area contributed by atoms with Gasteiger partial charge in [-0.05, 0) is 6.08 Å². The molecule has 0 amide bonds. The maximum absolute atomic E-state index is 10.7. The van der Waals surface area contributed by atoms with Gasteiger partial charge in [0.1, 0.15) is 4.36 Å². The van der Waals surface area contributed by atoms with Crippen molar-refractivity contribution >= 4 is 27.4 Å². The Morgan fingerprint density at radius 2 is 2.15 bits per heavy atom. The van der Waals surface area contributed by atoms with Crippen molar-refractivity contribution in [3.8, 4) is 0 Å². The molecule has 3 N–H and O–H groups in total. The van der Waals surface area contributed by atoms with Crippen LogP contribution in [0.5, 0.6) is 0 Å². The Kier molecular flexibility index (Phi) is 4.38. The summed E-state index contributed by atoms with van der Waals surface area (Å²) in [7, 11) is -3.48. The Balaban J connectivity index is 4.49. The number of halogens is 1. The molecule has 0 fully saturated rings. The summed E-state index contributed by atoms with van der Waals surface area (Å²) < 4.78 is 21.1. The number of sulfone groups is 1. The van der Waals surface area contributed by atoms with Crippen molar-refractivity contribution in [2.24, 2.45) is 5.73 Å². The van der Waals surface area contributed by atoms with Gasteiger partial charge in [-0.15, -0.1) is 0 Å². The molecule has 7 heteroatoms. The highest BCUT2D eigenvalue weighted by atomic mass is 35.5. The van der Waals surface area contributed by atoms with E-state index >= 15 is 0 Å². The van der Waals surface area contributed by atoms with Gasteiger partial charge in [-0.1, -0.05) is 11.6 Å². The number of hydrogen-bond donors (Lipinski definition) is 2. The average molecular weight is 228 g/mol. The van der Waals surface area contributed by atoms with Gasteiger partial charge in [0.15, 0.2) is 9.84 Å². The SMILES string of the molecule is CS(=O)(=O)/C(Cl)=C/[C@@H](N)CC(=O)O. The van der Waals surface area contributed by atoms with Gasteiger partial charge >= 0.3 is 5.97 Å². The van der Waals surface area contributed by atoms with Crippen molar-refractivity contribution in [2.75, 3.05) is 6.26 Å². The number of carboxylic acids is 1. The second-order valence-corrected chi connectivity index (χ2v) is 5.12. The van der Waals surface area contributed by atoms with Crippen LogP contribution in [0.25, 0.3) is 0 Å². The van der Waals surface area contributed by atoms with Crippen molar-refractivity contribution < 1.29 is 18.3 Å². The number of hydrogen-bond acceptors (Lipinski definition) is 4. The topological polar surface area (TPSA) is 97.5 Å². The first-order valence-corrected chi connectivity index (χ1v) is 5.55. The van der Waals surface area contributed by atoms with E-state index in [1.807, 2.05) is 0 Å². The molecule has 0 aromatic rings. The third-order valence-electron chi connectivity index (χ3n) is 1.11. The number of carboxylic acid groups (broad SMARTS) is 1. The Bertz CT molecular complexity index is 322. The molecule has 13 heavy (non-hydrogen) atoms. The van der Waals surface area contributed by atoms with Crippen molar-refractivity contribution in [1.82, 2.24) is 0 Å². The molecule has 0 aliphatic carbocycles. The lowest BCUT2D eigenvalue weighted by molar-refractivity contribution is -0.137. The van der Waals surface area contributed by atoms with Crippen LogP contribution in [0.3, 0.4) is 0 Å². The molecule has 0 aromatic heterocycles. The first kappa shape index (κ1) is 12.4. The first-order valence-electron chi connectivity index (χ1n) is 3.28. The van der Waals surface area contributed by atoms with Crippen molar-refractivity contribution in [2.45, 2.75) is 12.5 Å². The highest BCUT2D eigenvalue weighted by Gasteiger charge is 2.11. The summed E-state index contributed by atoms with van der Waals surface area (Å²) in [5.74, 6) is -1.11. The molecule has 0 radical (unpaired) electrons.